The van der Waals surface area contributed by atoms with Crippen LogP contribution in [0.2, 0.25) is 0 Å². The predicted octanol–water partition coefficient (Wildman–Crippen LogP) is 1.25. The van der Waals surface area contributed by atoms with Crippen molar-refractivity contribution in [1.29, 1.82) is 0 Å². The van der Waals surface area contributed by atoms with Crippen molar-refractivity contribution in [1.82, 2.24) is 5.32 Å². The molecule has 0 aliphatic rings. The van der Waals surface area contributed by atoms with Gasteiger partial charge in [0.15, 0.2) is 5.96 Å². The molecule has 4 N–H and O–H groups in total. The first kappa shape index (κ1) is 12.4. The minimum absolute atomic E-state index is 0.292. The summed E-state index contributed by atoms with van der Waals surface area (Å²) < 4.78 is 0. The number of nitrogens with zero attached hydrogens (tertiary/aromatic N) is 1. The number of guanidine groups is 1. The molecule has 88 valence electrons. The number of nitrogens with one attached hydrogen (secondary N) is 1. The third-order valence-electron chi connectivity index (χ3n) is 2.16. The van der Waals surface area contributed by atoms with Crippen molar-refractivity contribution in [3.05, 3.63) is 29.8 Å². The van der Waals surface area contributed by atoms with E-state index in [1.165, 1.54) is 0 Å². The molecule has 0 radical (unpaired) electrons. The first-order valence-electron chi connectivity index (χ1n) is 5.54. The number of hydrogen-bond acceptors (Lipinski definition) is 2. The maximum Gasteiger partial charge on any atom is 0.188 e. The highest BCUT2D eigenvalue weighted by atomic mass is 16.3. The van der Waals surface area contributed by atoms with Crippen molar-refractivity contribution < 1.29 is 5.11 Å². The fourth-order valence-electron chi connectivity index (χ4n) is 1.29. The summed E-state index contributed by atoms with van der Waals surface area (Å²) in [5, 5.41) is 12.2. The largest absolute Gasteiger partial charge is 0.508 e. The van der Waals surface area contributed by atoms with E-state index in [-0.39, 0.29) is 0 Å². The lowest BCUT2D eigenvalue weighted by Gasteiger charge is -2.05. The second kappa shape index (κ2) is 6.71. The van der Waals surface area contributed by atoms with Gasteiger partial charge in [0.05, 0.1) is 0 Å². The normalized spacial score (nSPS) is 11.4. The van der Waals surface area contributed by atoms with E-state index in [9.17, 15) is 0 Å². The first-order chi connectivity index (χ1) is 7.72. The quantitative estimate of drug-likeness (QED) is 0.517. The van der Waals surface area contributed by atoms with Gasteiger partial charge in [0.2, 0.25) is 0 Å². The maximum absolute atomic E-state index is 9.11. The van der Waals surface area contributed by atoms with Gasteiger partial charge in [-0.1, -0.05) is 19.1 Å². The zero-order valence-electron chi connectivity index (χ0n) is 9.61. The van der Waals surface area contributed by atoms with Gasteiger partial charge in [0.1, 0.15) is 5.75 Å². The average molecular weight is 221 g/mol. The Morgan fingerprint density at radius 1 is 1.38 bits per heavy atom. The average Bonchev–Trinajstić information content (AvgIpc) is 2.29. The van der Waals surface area contributed by atoms with Crippen molar-refractivity contribution >= 4 is 5.96 Å². The topological polar surface area (TPSA) is 70.6 Å². The minimum Gasteiger partial charge on any atom is -0.508 e. The lowest BCUT2D eigenvalue weighted by Crippen LogP contribution is -2.33. The predicted molar refractivity (Wildman–Crippen MR) is 66.6 cm³/mol. The van der Waals surface area contributed by atoms with Gasteiger partial charge in [-0.3, -0.25) is 4.99 Å². The molecule has 0 unspecified atom stereocenters. The highest BCUT2D eigenvalue weighted by Gasteiger charge is 1.94. The van der Waals surface area contributed by atoms with Gasteiger partial charge in [0, 0.05) is 13.1 Å². The highest BCUT2D eigenvalue weighted by Crippen LogP contribution is 2.09. The van der Waals surface area contributed by atoms with Crippen LogP contribution < -0.4 is 11.1 Å². The summed E-state index contributed by atoms with van der Waals surface area (Å²) in [5.74, 6) is 0.793. The maximum atomic E-state index is 9.11. The standard InChI is InChI=1S/C12H19N3O/c1-2-8-14-12(13)15-9-7-10-3-5-11(16)6-4-10/h3-6,16H,2,7-9H2,1H3,(H3,13,14,15). The SMILES string of the molecule is CCCN=C(N)NCCc1ccc(O)cc1. The molecular weight excluding hydrogens is 202 g/mol. The highest BCUT2D eigenvalue weighted by molar-refractivity contribution is 5.77. The van der Waals surface area contributed by atoms with E-state index in [1.807, 2.05) is 12.1 Å². The Labute approximate surface area is 96.2 Å². The number of aromatic hydroxyl groups is 1. The third kappa shape index (κ3) is 4.68. The van der Waals surface area contributed by atoms with Crippen molar-refractivity contribution in [2.75, 3.05) is 13.1 Å². The van der Waals surface area contributed by atoms with Crippen LogP contribution in [0.5, 0.6) is 5.75 Å². The van der Waals surface area contributed by atoms with Crippen LogP contribution in [0.15, 0.2) is 29.3 Å². The van der Waals surface area contributed by atoms with Crippen LogP contribution in [-0.2, 0) is 6.42 Å². The van der Waals surface area contributed by atoms with Gasteiger partial charge in [0.25, 0.3) is 0 Å². The zero-order chi connectivity index (χ0) is 11.8. The Bertz CT molecular complexity index is 333. The van der Waals surface area contributed by atoms with Gasteiger partial charge in [-0.15, -0.1) is 0 Å². The van der Waals surface area contributed by atoms with E-state index < -0.39 is 0 Å². The van der Waals surface area contributed by atoms with Crippen molar-refractivity contribution in [3.63, 3.8) is 0 Å². The molecule has 0 amide bonds. The molecule has 1 rings (SSSR count). The minimum atomic E-state index is 0.292. The number of benzene rings is 1. The van der Waals surface area contributed by atoms with Crippen LogP contribution in [0.25, 0.3) is 0 Å². The number of rotatable bonds is 5. The van der Waals surface area contributed by atoms with E-state index in [0.29, 0.717) is 11.7 Å². The molecule has 0 saturated heterocycles. The molecule has 16 heavy (non-hydrogen) atoms. The van der Waals surface area contributed by atoms with E-state index in [0.717, 1.165) is 31.5 Å². The summed E-state index contributed by atoms with van der Waals surface area (Å²) in [6.45, 7) is 3.58. The van der Waals surface area contributed by atoms with Gasteiger partial charge in [-0.05, 0) is 30.5 Å². The number of phenols is 1. The van der Waals surface area contributed by atoms with Crippen LogP contribution in [-0.4, -0.2) is 24.2 Å². The van der Waals surface area contributed by atoms with E-state index in [4.69, 9.17) is 10.8 Å². The Kier molecular flexibility index (Phi) is 5.19. The molecule has 0 spiro atoms. The van der Waals surface area contributed by atoms with Crippen LogP contribution >= 0.6 is 0 Å². The Balaban J connectivity index is 2.27. The first-order valence-corrected chi connectivity index (χ1v) is 5.54. The number of phenolic OH excluding ortho intramolecular Hbond substituents is 1. The zero-order valence-corrected chi connectivity index (χ0v) is 9.61. The van der Waals surface area contributed by atoms with Crippen LogP contribution in [0.1, 0.15) is 18.9 Å². The summed E-state index contributed by atoms with van der Waals surface area (Å²) >= 11 is 0. The number of nitrogens with two attached hydrogens (primary N) is 1. The Morgan fingerprint density at radius 2 is 2.06 bits per heavy atom. The second-order valence-corrected chi connectivity index (χ2v) is 3.61. The number of hydrogen-bond donors (Lipinski definition) is 3. The van der Waals surface area contributed by atoms with E-state index >= 15 is 0 Å². The molecule has 4 heteroatoms. The Morgan fingerprint density at radius 3 is 2.69 bits per heavy atom. The fraction of sp³-hybridized carbons (Fsp3) is 0.417. The molecular formula is C12H19N3O. The summed E-state index contributed by atoms with van der Waals surface area (Å²) in [4.78, 5) is 4.13. The second-order valence-electron chi connectivity index (χ2n) is 3.61. The Hall–Kier alpha value is -1.71. The molecule has 0 aliphatic heterocycles. The lowest BCUT2D eigenvalue weighted by atomic mass is 10.1. The summed E-state index contributed by atoms with van der Waals surface area (Å²) in [5.41, 5.74) is 6.81. The molecule has 4 nitrogen and oxygen atoms in total. The van der Waals surface area contributed by atoms with Gasteiger partial charge in [-0.25, -0.2) is 0 Å². The lowest BCUT2D eigenvalue weighted by molar-refractivity contribution is 0.475. The van der Waals surface area contributed by atoms with Gasteiger partial charge >= 0.3 is 0 Å². The van der Waals surface area contributed by atoms with Crippen molar-refractivity contribution in [3.8, 4) is 5.75 Å². The monoisotopic (exact) mass is 221 g/mol. The van der Waals surface area contributed by atoms with Crippen LogP contribution in [0.3, 0.4) is 0 Å². The van der Waals surface area contributed by atoms with Gasteiger partial charge in [-0.2, -0.15) is 0 Å². The molecule has 0 saturated carbocycles. The fourth-order valence-corrected chi connectivity index (χ4v) is 1.29. The van der Waals surface area contributed by atoms with Crippen molar-refractivity contribution in [2.24, 2.45) is 10.7 Å². The summed E-state index contributed by atoms with van der Waals surface area (Å²) in [6, 6.07) is 7.17. The smallest absolute Gasteiger partial charge is 0.188 e. The van der Waals surface area contributed by atoms with Crippen LogP contribution in [0, 0.1) is 0 Å². The molecule has 0 fully saturated rings. The molecule has 0 atom stereocenters. The molecule has 0 bridgehead atoms. The van der Waals surface area contributed by atoms with E-state index in [2.05, 4.69) is 17.2 Å². The summed E-state index contributed by atoms with van der Waals surface area (Å²) in [7, 11) is 0. The number of aliphatic imine (C=N–C) groups is 1. The van der Waals surface area contributed by atoms with Gasteiger partial charge < -0.3 is 16.2 Å². The third-order valence-corrected chi connectivity index (χ3v) is 2.16. The van der Waals surface area contributed by atoms with E-state index in [1.54, 1.807) is 12.1 Å². The molecule has 0 aliphatic carbocycles. The molecule has 1 aromatic carbocycles. The molecule has 1 aromatic rings. The summed E-state index contributed by atoms with van der Waals surface area (Å²) in [6.07, 6.45) is 1.86. The van der Waals surface area contributed by atoms with Crippen LogP contribution in [0.4, 0.5) is 0 Å². The molecule has 0 heterocycles. The molecule has 0 aromatic heterocycles. The van der Waals surface area contributed by atoms with Crippen molar-refractivity contribution in [2.45, 2.75) is 19.8 Å².